The fraction of sp³-hybridized carbons (Fsp3) is 0.429. The quantitative estimate of drug-likeness (QED) is 0.833. The molecule has 1 aromatic carbocycles. The zero-order valence-corrected chi connectivity index (χ0v) is 13.4. The molecule has 4 nitrogen and oxygen atoms in total. The average molecular weight is 379 g/mol. The summed E-state index contributed by atoms with van der Waals surface area (Å²) in [6, 6.07) is 2.32. The van der Waals surface area contributed by atoms with Gasteiger partial charge in [-0.05, 0) is 47.3 Å². The van der Waals surface area contributed by atoms with E-state index in [9.17, 15) is 14.0 Å². The molecule has 1 saturated carbocycles. The van der Waals surface area contributed by atoms with E-state index in [0.717, 1.165) is 6.07 Å². The largest absolute Gasteiger partial charge is 0.481 e. The van der Waals surface area contributed by atoms with Gasteiger partial charge < -0.3 is 10.4 Å². The Balaban J connectivity index is 2.10. The molecule has 21 heavy (non-hydrogen) atoms. The van der Waals surface area contributed by atoms with Gasteiger partial charge in [0.2, 0.25) is 5.91 Å². The topological polar surface area (TPSA) is 66.4 Å². The predicted octanol–water partition coefficient (Wildman–Crippen LogP) is 4.07. The van der Waals surface area contributed by atoms with Gasteiger partial charge in [0.05, 0.1) is 16.6 Å². The third-order valence-electron chi connectivity index (χ3n) is 3.65. The smallest absolute Gasteiger partial charge is 0.306 e. The van der Waals surface area contributed by atoms with Crippen molar-refractivity contribution in [2.24, 2.45) is 11.8 Å². The summed E-state index contributed by atoms with van der Waals surface area (Å²) in [5.74, 6) is -2.51. The van der Waals surface area contributed by atoms with Crippen LogP contribution in [0, 0.1) is 17.7 Å². The molecular weight excluding hydrogens is 365 g/mol. The number of aliphatic carboxylic acids is 1. The Kier molecular flexibility index (Phi) is 5.22. The van der Waals surface area contributed by atoms with Crippen LogP contribution in [-0.2, 0) is 9.59 Å². The van der Waals surface area contributed by atoms with Gasteiger partial charge >= 0.3 is 5.97 Å². The number of anilines is 1. The molecule has 2 atom stereocenters. The van der Waals surface area contributed by atoms with Crippen LogP contribution >= 0.6 is 27.5 Å². The zero-order valence-electron chi connectivity index (χ0n) is 11.0. The normalized spacial score (nSPS) is 21.9. The maximum atomic E-state index is 13.1. The van der Waals surface area contributed by atoms with Gasteiger partial charge in [0.15, 0.2) is 0 Å². The lowest BCUT2D eigenvalue weighted by Crippen LogP contribution is -2.31. The van der Waals surface area contributed by atoms with Crippen molar-refractivity contribution >= 4 is 45.1 Å². The number of amides is 1. The van der Waals surface area contributed by atoms with Crippen molar-refractivity contribution in [3.63, 3.8) is 0 Å². The van der Waals surface area contributed by atoms with Gasteiger partial charge in [-0.1, -0.05) is 18.0 Å². The van der Waals surface area contributed by atoms with Crippen LogP contribution in [0.2, 0.25) is 5.02 Å². The molecule has 2 N–H and O–H groups in total. The van der Waals surface area contributed by atoms with E-state index in [-0.39, 0.29) is 16.8 Å². The zero-order chi connectivity index (χ0) is 15.6. The molecule has 1 fully saturated rings. The van der Waals surface area contributed by atoms with E-state index >= 15 is 0 Å². The molecule has 1 aliphatic rings. The molecule has 0 heterocycles. The number of carbonyl (C=O) groups is 2. The second-order valence-corrected chi connectivity index (χ2v) is 6.39. The predicted molar refractivity (Wildman–Crippen MR) is 80.8 cm³/mol. The van der Waals surface area contributed by atoms with E-state index in [1.807, 2.05) is 0 Å². The third kappa shape index (κ3) is 3.95. The highest BCUT2D eigenvalue weighted by Gasteiger charge is 2.31. The van der Waals surface area contributed by atoms with Crippen molar-refractivity contribution in [3.8, 4) is 0 Å². The van der Waals surface area contributed by atoms with Crippen LogP contribution in [0.4, 0.5) is 10.1 Å². The van der Waals surface area contributed by atoms with E-state index in [2.05, 4.69) is 21.2 Å². The summed E-state index contributed by atoms with van der Waals surface area (Å²) in [6.07, 6.45) is 2.26. The number of rotatable bonds is 3. The number of hydrogen-bond donors (Lipinski definition) is 2. The summed E-state index contributed by atoms with van der Waals surface area (Å²) < 4.78 is 13.5. The molecule has 1 aliphatic carbocycles. The molecule has 2 unspecified atom stereocenters. The van der Waals surface area contributed by atoms with Crippen LogP contribution in [0.5, 0.6) is 0 Å². The molecule has 1 aromatic rings. The first-order chi connectivity index (χ1) is 9.88. The summed E-state index contributed by atoms with van der Waals surface area (Å²) in [6.45, 7) is 0. The number of carbonyl (C=O) groups excluding carboxylic acids is 1. The minimum Gasteiger partial charge on any atom is -0.481 e. The van der Waals surface area contributed by atoms with Gasteiger partial charge in [-0.3, -0.25) is 9.59 Å². The van der Waals surface area contributed by atoms with Crippen molar-refractivity contribution in [3.05, 3.63) is 27.4 Å². The van der Waals surface area contributed by atoms with Crippen LogP contribution < -0.4 is 5.32 Å². The van der Waals surface area contributed by atoms with Crippen LogP contribution in [0.1, 0.15) is 25.7 Å². The fourth-order valence-corrected chi connectivity index (χ4v) is 3.44. The number of carboxylic acids is 1. The Morgan fingerprint density at radius 3 is 2.62 bits per heavy atom. The SMILES string of the molecule is O=C(O)C1CCCC(C(=O)Nc2c(Cl)cc(F)cc2Br)C1. The summed E-state index contributed by atoms with van der Waals surface area (Å²) in [4.78, 5) is 23.3. The molecule has 0 spiro atoms. The van der Waals surface area contributed by atoms with E-state index in [4.69, 9.17) is 16.7 Å². The van der Waals surface area contributed by atoms with Crippen molar-refractivity contribution < 1.29 is 19.1 Å². The molecule has 0 saturated heterocycles. The molecule has 114 valence electrons. The van der Waals surface area contributed by atoms with Crippen LogP contribution in [0.15, 0.2) is 16.6 Å². The van der Waals surface area contributed by atoms with Gasteiger partial charge in [-0.25, -0.2) is 4.39 Å². The minimum absolute atomic E-state index is 0.0980. The monoisotopic (exact) mass is 377 g/mol. The van der Waals surface area contributed by atoms with Crippen LogP contribution in [0.3, 0.4) is 0 Å². The fourth-order valence-electron chi connectivity index (χ4n) is 2.54. The third-order valence-corrected chi connectivity index (χ3v) is 4.57. The number of carboxylic acid groups (broad SMARTS) is 1. The highest BCUT2D eigenvalue weighted by atomic mass is 79.9. The van der Waals surface area contributed by atoms with Gasteiger partial charge in [0.25, 0.3) is 0 Å². The first-order valence-electron chi connectivity index (χ1n) is 6.56. The van der Waals surface area contributed by atoms with E-state index < -0.39 is 17.7 Å². The second kappa shape index (κ2) is 6.75. The Hall–Kier alpha value is -1.14. The summed E-state index contributed by atoms with van der Waals surface area (Å²) in [5.41, 5.74) is 0.306. The second-order valence-electron chi connectivity index (χ2n) is 5.13. The first-order valence-corrected chi connectivity index (χ1v) is 7.73. The highest BCUT2D eigenvalue weighted by molar-refractivity contribution is 9.10. The van der Waals surface area contributed by atoms with Crippen molar-refractivity contribution in [2.75, 3.05) is 5.32 Å². The highest BCUT2D eigenvalue weighted by Crippen LogP contribution is 2.34. The van der Waals surface area contributed by atoms with Gasteiger partial charge in [0.1, 0.15) is 5.82 Å². The molecule has 1 amide bonds. The summed E-state index contributed by atoms with van der Waals surface area (Å²) >= 11 is 9.07. The lowest BCUT2D eigenvalue weighted by atomic mass is 9.81. The van der Waals surface area contributed by atoms with Gasteiger partial charge in [-0.2, -0.15) is 0 Å². The molecule has 7 heteroatoms. The van der Waals surface area contributed by atoms with Crippen molar-refractivity contribution in [1.29, 1.82) is 0 Å². The lowest BCUT2D eigenvalue weighted by Gasteiger charge is -2.26. The number of benzene rings is 1. The minimum atomic E-state index is -0.867. The number of hydrogen-bond acceptors (Lipinski definition) is 2. The molecule has 0 aliphatic heterocycles. The van der Waals surface area contributed by atoms with Crippen molar-refractivity contribution in [2.45, 2.75) is 25.7 Å². The maximum absolute atomic E-state index is 13.1. The molecule has 0 bridgehead atoms. The molecule has 0 radical (unpaired) electrons. The Morgan fingerprint density at radius 1 is 1.33 bits per heavy atom. The number of halogens is 3. The standard InChI is InChI=1S/C14H14BrClFNO3/c15-10-5-9(17)6-11(16)12(10)18-13(19)7-2-1-3-8(4-7)14(20)21/h5-8H,1-4H2,(H,18,19)(H,20,21). The Labute approximate surface area is 134 Å². The van der Waals surface area contributed by atoms with E-state index in [0.29, 0.717) is 35.8 Å². The Morgan fingerprint density at radius 2 is 2.00 bits per heavy atom. The van der Waals surface area contributed by atoms with Gasteiger partial charge in [0, 0.05) is 10.4 Å². The van der Waals surface area contributed by atoms with Crippen molar-refractivity contribution in [1.82, 2.24) is 0 Å². The van der Waals surface area contributed by atoms with E-state index in [1.165, 1.54) is 6.07 Å². The average Bonchev–Trinajstić information content (AvgIpc) is 2.42. The molecule has 0 aromatic heterocycles. The maximum Gasteiger partial charge on any atom is 0.306 e. The summed E-state index contributed by atoms with van der Waals surface area (Å²) in [7, 11) is 0. The van der Waals surface area contributed by atoms with E-state index in [1.54, 1.807) is 0 Å². The molecule has 2 rings (SSSR count). The first kappa shape index (κ1) is 16.2. The molecular formula is C14H14BrClFNO3. The van der Waals surface area contributed by atoms with Crippen LogP contribution in [0.25, 0.3) is 0 Å². The lowest BCUT2D eigenvalue weighted by molar-refractivity contribution is -0.143. The van der Waals surface area contributed by atoms with Crippen LogP contribution in [-0.4, -0.2) is 17.0 Å². The summed E-state index contributed by atoms with van der Waals surface area (Å²) in [5, 5.41) is 11.8. The van der Waals surface area contributed by atoms with Gasteiger partial charge in [-0.15, -0.1) is 0 Å². The number of nitrogens with one attached hydrogen (secondary N) is 1. The Bertz CT molecular complexity index is 558.